The Balaban J connectivity index is 2.14. The summed E-state index contributed by atoms with van der Waals surface area (Å²) in [5.74, 6) is 0.0451. The highest BCUT2D eigenvalue weighted by molar-refractivity contribution is 7.92. The first-order chi connectivity index (χ1) is 10.8. The Morgan fingerprint density at radius 2 is 1.83 bits per heavy atom. The number of carbonyl (C=O) groups excluding carboxylic acids is 1. The van der Waals surface area contributed by atoms with Crippen LogP contribution in [0.5, 0.6) is 0 Å². The van der Waals surface area contributed by atoms with E-state index >= 15 is 0 Å². The molecule has 0 radical (unpaired) electrons. The number of likely N-dealkylation sites (tertiary alicyclic amines) is 1. The Morgan fingerprint density at radius 1 is 1.17 bits per heavy atom. The van der Waals surface area contributed by atoms with Crippen LogP contribution in [0.25, 0.3) is 0 Å². The normalized spacial score (nSPS) is 15.5. The van der Waals surface area contributed by atoms with Crippen LogP contribution in [0.15, 0.2) is 18.2 Å². The quantitative estimate of drug-likeness (QED) is 0.829. The topological polar surface area (TPSA) is 57.7 Å². The molecule has 1 aromatic carbocycles. The Bertz CT molecular complexity index is 664. The molecule has 0 atom stereocenters. The highest BCUT2D eigenvalue weighted by atomic mass is 32.2. The molecule has 0 bridgehead atoms. The minimum absolute atomic E-state index is 0.0451. The number of carbonyl (C=O) groups is 1. The van der Waals surface area contributed by atoms with Crippen molar-refractivity contribution in [2.24, 2.45) is 0 Å². The number of amides is 1. The SMILES string of the molecule is Cc1cccc(N(CCC(=O)N2CCCCC2)S(C)(=O)=O)c1C. The van der Waals surface area contributed by atoms with Gasteiger partial charge in [0.15, 0.2) is 0 Å². The van der Waals surface area contributed by atoms with E-state index in [0.29, 0.717) is 5.69 Å². The Kier molecular flexibility index (Phi) is 5.68. The van der Waals surface area contributed by atoms with Gasteiger partial charge in [0.25, 0.3) is 0 Å². The lowest BCUT2D eigenvalue weighted by atomic mass is 10.1. The van der Waals surface area contributed by atoms with Crippen molar-refractivity contribution in [3.05, 3.63) is 29.3 Å². The molecular formula is C17H26N2O3S. The van der Waals surface area contributed by atoms with E-state index in [9.17, 15) is 13.2 Å². The average Bonchev–Trinajstić information content (AvgIpc) is 2.51. The Hall–Kier alpha value is -1.56. The van der Waals surface area contributed by atoms with Gasteiger partial charge in [-0.15, -0.1) is 0 Å². The molecule has 128 valence electrons. The van der Waals surface area contributed by atoms with Crippen LogP contribution in [0.2, 0.25) is 0 Å². The molecule has 0 aromatic heterocycles. The van der Waals surface area contributed by atoms with Crippen LogP contribution in [0.3, 0.4) is 0 Å². The highest BCUT2D eigenvalue weighted by Crippen LogP contribution is 2.25. The molecule has 1 aliphatic rings. The van der Waals surface area contributed by atoms with Crippen molar-refractivity contribution in [1.29, 1.82) is 0 Å². The van der Waals surface area contributed by atoms with Gasteiger partial charge in [-0.05, 0) is 50.3 Å². The van der Waals surface area contributed by atoms with Crippen LogP contribution < -0.4 is 4.31 Å². The molecule has 0 aliphatic carbocycles. The molecule has 23 heavy (non-hydrogen) atoms. The molecule has 1 saturated heterocycles. The second kappa shape index (κ2) is 7.34. The molecule has 0 saturated carbocycles. The zero-order valence-corrected chi connectivity index (χ0v) is 15.0. The van der Waals surface area contributed by atoms with Crippen LogP contribution in [0, 0.1) is 13.8 Å². The van der Waals surface area contributed by atoms with E-state index in [1.54, 1.807) is 6.07 Å². The molecule has 1 aromatic rings. The van der Waals surface area contributed by atoms with Crippen LogP contribution >= 0.6 is 0 Å². The largest absolute Gasteiger partial charge is 0.343 e. The Morgan fingerprint density at radius 3 is 2.43 bits per heavy atom. The molecule has 0 spiro atoms. The van der Waals surface area contributed by atoms with E-state index in [0.717, 1.165) is 37.1 Å². The lowest BCUT2D eigenvalue weighted by molar-refractivity contribution is -0.131. The number of anilines is 1. The molecule has 0 N–H and O–H groups in total. The predicted octanol–water partition coefficient (Wildman–Crippen LogP) is 2.47. The van der Waals surface area contributed by atoms with Gasteiger partial charge in [-0.2, -0.15) is 0 Å². The molecule has 1 amide bonds. The summed E-state index contributed by atoms with van der Waals surface area (Å²) in [4.78, 5) is 14.2. The average molecular weight is 338 g/mol. The number of aryl methyl sites for hydroxylation is 1. The van der Waals surface area contributed by atoms with Crippen molar-refractivity contribution in [3.63, 3.8) is 0 Å². The van der Waals surface area contributed by atoms with Gasteiger partial charge in [0.2, 0.25) is 15.9 Å². The van der Waals surface area contributed by atoms with Crippen molar-refractivity contribution < 1.29 is 13.2 Å². The van der Waals surface area contributed by atoms with Crippen LogP contribution in [0.4, 0.5) is 5.69 Å². The van der Waals surface area contributed by atoms with E-state index in [4.69, 9.17) is 0 Å². The van der Waals surface area contributed by atoms with E-state index < -0.39 is 10.0 Å². The van der Waals surface area contributed by atoms with Gasteiger partial charge in [-0.25, -0.2) is 8.42 Å². The minimum atomic E-state index is -3.42. The maximum atomic E-state index is 12.3. The predicted molar refractivity (Wildman–Crippen MR) is 93.2 cm³/mol. The third kappa shape index (κ3) is 4.47. The summed E-state index contributed by atoms with van der Waals surface area (Å²) in [6.07, 6.45) is 4.67. The minimum Gasteiger partial charge on any atom is -0.343 e. The monoisotopic (exact) mass is 338 g/mol. The number of piperidine rings is 1. The summed E-state index contributed by atoms with van der Waals surface area (Å²) >= 11 is 0. The van der Waals surface area contributed by atoms with Crippen LogP contribution in [0.1, 0.15) is 36.8 Å². The van der Waals surface area contributed by atoms with E-state index in [-0.39, 0.29) is 18.9 Å². The molecular weight excluding hydrogens is 312 g/mol. The van der Waals surface area contributed by atoms with Crippen molar-refractivity contribution >= 4 is 21.6 Å². The van der Waals surface area contributed by atoms with E-state index in [1.807, 2.05) is 30.9 Å². The van der Waals surface area contributed by atoms with Crippen LogP contribution in [-0.2, 0) is 14.8 Å². The van der Waals surface area contributed by atoms with Gasteiger partial charge in [0.05, 0.1) is 11.9 Å². The van der Waals surface area contributed by atoms with Crippen molar-refractivity contribution in [2.75, 3.05) is 30.2 Å². The zero-order valence-electron chi connectivity index (χ0n) is 14.2. The van der Waals surface area contributed by atoms with Gasteiger partial charge in [0.1, 0.15) is 0 Å². The second-order valence-corrected chi connectivity index (χ2v) is 8.15. The van der Waals surface area contributed by atoms with Crippen LogP contribution in [-0.4, -0.2) is 45.1 Å². The maximum Gasteiger partial charge on any atom is 0.232 e. The number of hydrogen-bond acceptors (Lipinski definition) is 3. The first-order valence-corrected chi connectivity index (χ1v) is 9.97. The number of rotatable bonds is 5. The molecule has 1 aliphatic heterocycles. The third-order valence-electron chi connectivity index (χ3n) is 4.48. The van der Waals surface area contributed by atoms with Crippen molar-refractivity contribution in [2.45, 2.75) is 39.5 Å². The number of benzene rings is 1. The van der Waals surface area contributed by atoms with Crippen molar-refractivity contribution in [3.8, 4) is 0 Å². The fourth-order valence-electron chi connectivity index (χ4n) is 2.97. The summed E-state index contributed by atoms with van der Waals surface area (Å²) in [7, 11) is -3.42. The van der Waals surface area contributed by atoms with Gasteiger partial charge < -0.3 is 4.90 Å². The molecule has 6 heteroatoms. The summed E-state index contributed by atoms with van der Waals surface area (Å²) in [5, 5.41) is 0. The van der Waals surface area contributed by atoms with Gasteiger partial charge in [-0.1, -0.05) is 12.1 Å². The standard InChI is InChI=1S/C17H26N2O3S/c1-14-8-7-9-16(15(14)2)19(23(3,21)22)13-10-17(20)18-11-5-4-6-12-18/h7-9H,4-6,10-13H2,1-3H3. The van der Waals surface area contributed by atoms with E-state index in [2.05, 4.69) is 0 Å². The fourth-order valence-corrected chi connectivity index (χ4v) is 3.95. The van der Waals surface area contributed by atoms with Gasteiger partial charge >= 0.3 is 0 Å². The Labute approximate surface area is 139 Å². The summed E-state index contributed by atoms with van der Waals surface area (Å²) < 4.78 is 25.7. The van der Waals surface area contributed by atoms with E-state index in [1.165, 1.54) is 17.0 Å². The highest BCUT2D eigenvalue weighted by Gasteiger charge is 2.23. The van der Waals surface area contributed by atoms with Gasteiger partial charge in [0, 0.05) is 26.1 Å². The third-order valence-corrected chi connectivity index (χ3v) is 5.66. The first kappa shape index (κ1) is 17.8. The lowest BCUT2D eigenvalue weighted by Crippen LogP contribution is -2.39. The summed E-state index contributed by atoms with van der Waals surface area (Å²) in [6.45, 7) is 5.65. The molecule has 2 rings (SSSR count). The van der Waals surface area contributed by atoms with Gasteiger partial charge in [-0.3, -0.25) is 9.10 Å². The first-order valence-electron chi connectivity index (χ1n) is 8.12. The lowest BCUT2D eigenvalue weighted by Gasteiger charge is -2.29. The number of hydrogen-bond donors (Lipinski definition) is 0. The smallest absolute Gasteiger partial charge is 0.232 e. The molecule has 0 unspecified atom stereocenters. The summed E-state index contributed by atoms with van der Waals surface area (Å²) in [6, 6.07) is 5.61. The molecule has 5 nitrogen and oxygen atoms in total. The number of sulfonamides is 1. The maximum absolute atomic E-state index is 12.3. The van der Waals surface area contributed by atoms with Crippen molar-refractivity contribution in [1.82, 2.24) is 4.90 Å². The zero-order chi connectivity index (χ0) is 17.0. The second-order valence-electron chi connectivity index (χ2n) is 6.25. The molecule has 1 heterocycles. The summed E-state index contributed by atoms with van der Waals surface area (Å²) in [5.41, 5.74) is 2.64. The molecule has 1 fully saturated rings. The number of nitrogens with zero attached hydrogens (tertiary/aromatic N) is 2. The fraction of sp³-hybridized carbons (Fsp3) is 0.588.